The minimum atomic E-state index is -0.574. The summed E-state index contributed by atoms with van der Waals surface area (Å²) in [6.45, 7) is 0. The van der Waals surface area contributed by atoms with E-state index in [2.05, 4.69) is 9.72 Å². The molecule has 1 aromatic carbocycles. The standard InChI is InChI=1S/C14H12FNO4/c1-20-14(19)9-3-2-8(12(17)6-9)4-10-5-11(15)7-16-13(10)18/h2-3,5-7,17H,4H2,1H3,(H,16,18). The van der Waals surface area contributed by atoms with Crippen LogP contribution in [0.1, 0.15) is 21.5 Å². The second-order valence-corrected chi connectivity index (χ2v) is 4.18. The van der Waals surface area contributed by atoms with Gasteiger partial charge < -0.3 is 14.8 Å². The number of carbonyl (C=O) groups excluding carboxylic acids is 1. The number of pyridine rings is 1. The Labute approximate surface area is 113 Å². The number of aromatic amines is 1. The molecular weight excluding hydrogens is 265 g/mol. The van der Waals surface area contributed by atoms with Gasteiger partial charge >= 0.3 is 5.97 Å². The van der Waals surface area contributed by atoms with Crippen LogP contribution in [0, 0.1) is 5.82 Å². The minimum absolute atomic E-state index is 0.0559. The fraction of sp³-hybridized carbons (Fsp3) is 0.143. The van der Waals surface area contributed by atoms with Gasteiger partial charge in [0, 0.05) is 18.2 Å². The second kappa shape index (κ2) is 5.56. The molecule has 0 bridgehead atoms. The Morgan fingerprint density at radius 1 is 1.35 bits per heavy atom. The minimum Gasteiger partial charge on any atom is -0.508 e. The number of benzene rings is 1. The first-order valence-corrected chi connectivity index (χ1v) is 5.78. The van der Waals surface area contributed by atoms with Crippen molar-refractivity contribution < 1.29 is 19.0 Å². The Balaban J connectivity index is 2.33. The zero-order valence-corrected chi connectivity index (χ0v) is 10.6. The topological polar surface area (TPSA) is 79.4 Å². The van der Waals surface area contributed by atoms with Gasteiger partial charge in [0.15, 0.2) is 0 Å². The van der Waals surface area contributed by atoms with E-state index in [0.29, 0.717) is 5.56 Å². The van der Waals surface area contributed by atoms with Gasteiger partial charge in [-0.3, -0.25) is 4.79 Å². The molecule has 104 valence electrons. The van der Waals surface area contributed by atoms with Crippen molar-refractivity contribution in [1.82, 2.24) is 4.98 Å². The first kappa shape index (κ1) is 13.8. The van der Waals surface area contributed by atoms with E-state index in [9.17, 15) is 19.1 Å². The molecule has 0 aliphatic carbocycles. The van der Waals surface area contributed by atoms with Gasteiger partial charge in [-0.05, 0) is 23.8 Å². The maximum atomic E-state index is 13.1. The predicted molar refractivity (Wildman–Crippen MR) is 69.3 cm³/mol. The van der Waals surface area contributed by atoms with Crippen LogP contribution in [0.3, 0.4) is 0 Å². The number of rotatable bonds is 3. The molecular formula is C14H12FNO4. The highest BCUT2D eigenvalue weighted by Gasteiger charge is 2.11. The average molecular weight is 277 g/mol. The summed E-state index contributed by atoms with van der Waals surface area (Å²) in [5, 5.41) is 9.84. The summed E-state index contributed by atoms with van der Waals surface area (Å²) in [5.74, 6) is -1.29. The maximum absolute atomic E-state index is 13.1. The van der Waals surface area contributed by atoms with Crippen LogP contribution in [0.2, 0.25) is 0 Å². The third kappa shape index (κ3) is 2.85. The molecule has 0 radical (unpaired) electrons. The van der Waals surface area contributed by atoms with Crippen molar-refractivity contribution in [2.75, 3.05) is 7.11 Å². The molecule has 0 spiro atoms. The van der Waals surface area contributed by atoms with E-state index in [1.165, 1.54) is 25.3 Å². The van der Waals surface area contributed by atoms with E-state index < -0.39 is 17.3 Å². The van der Waals surface area contributed by atoms with Crippen molar-refractivity contribution in [3.8, 4) is 5.75 Å². The fourth-order valence-corrected chi connectivity index (χ4v) is 1.80. The summed E-state index contributed by atoms with van der Waals surface area (Å²) in [6.07, 6.45) is 1.02. The first-order chi connectivity index (χ1) is 9.51. The number of phenols is 1. The number of phenolic OH excluding ortho intramolecular Hbond substituents is 1. The van der Waals surface area contributed by atoms with Gasteiger partial charge in [-0.25, -0.2) is 9.18 Å². The van der Waals surface area contributed by atoms with Crippen molar-refractivity contribution in [1.29, 1.82) is 0 Å². The number of nitrogens with one attached hydrogen (secondary N) is 1. The molecule has 2 N–H and O–H groups in total. The lowest BCUT2D eigenvalue weighted by atomic mass is 10.0. The highest BCUT2D eigenvalue weighted by Crippen LogP contribution is 2.21. The molecule has 6 heteroatoms. The van der Waals surface area contributed by atoms with E-state index in [4.69, 9.17) is 0 Å². The summed E-state index contributed by atoms with van der Waals surface area (Å²) in [4.78, 5) is 25.1. The van der Waals surface area contributed by atoms with Crippen LogP contribution in [-0.2, 0) is 11.2 Å². The number of aromatic nitrogens is 1. The van der Waals surface area contributed by atoms with Crippen molar-refractivity contribution >= 4 is 5.97 Å². The van der Waals surface area contributed by atoms with Gasteiger partial charge in [-0.15, -0.1) is 0 Å². The highest BCUT2D eigenvalue weighted by molar-refractivity contribution is 5.89. The zero-order chi connectivity index (χ0) is 14.7. The van der Waals surface area contributed by atoms with E-state index >= 15 is 0 Å². The lowest BCUT2D eigenvalue weighted by molar-refractivity contribution is 0.0600. The number of hydrogen-bond donors (Lipinski definition) is 2. The quantitative estimate of drug-likeness (QED) is 0.835. The third-order valence-corrected chi connectivity index (χ3v) is 2.83. The number of H-pyrrole nitrogens is 1. The van der Waals surface area contributed by atoms with E-state index in [1.807, 2.05) is 0 Å². The second-order valence-electron chi connectivity index (χ2n) is 4.18. The molecule has 0 unspecified atom stereocenters. The Kier molecular flexibility index (Phi) is 3.84. The molecule has 1 aromatic heterocycles. The summed E-state index contributed by atoms with van der Waals surface area (Å²) < 4.78 is 17.6. The maximum Gasteiger partial charge on any atom is 0.337 e. The number of ether oxygens (including phenoxy) is 1. The normalized spacial score (nSPS) is 10.3. The SMILES string of the molecule is COC(=O)c1ccc(Cc2cc(F)c[nH]c2=O)c(O)c1. The van der Waals surface area contributed by atoms with Crippen LogP contribution in [-0.4, -0.2) is 23.2 Å². The van der Waals surface area contributed by atoms with Crippen molar-refractivity contribution in [2.24, 2.45) is 0 Å². The lowest BCUT2D eigenvalue weighted by Gasteiger charge is -2.06. The fourth-order valence-electron chi connectivity index (χ4n) is 1.80. The number of esters is 1. The summed E-state index contributed by atoms with van der Waals surface area (Å²) in [7, 11) is 1.24. The molecule has 5 nitrogen and oxygen atoms in total. The van der Waals surface area contributed by atoms with Crippen molar-refractivity contribution in [2.45, 2.75) is 6.42 Å². The summed E-state index contributed by atoms with van der Waals surface area (Å²) >= 11 is 0. The van der Waals surface area contributed by atoms with E-state index in [0.717, 1.165) is 12.3 Å². The molecule has 0 amide bonds. The molecule has 20 heavy (non-hydrogen) atoms. The smallest absolute Gasteiger partial charge is 0.337 e. The van der Waals surface area contributed by atoms with Crippen LogP contribution < -0.4 is 5.56 Å². The number of hydrogen-bond acceptors (Lipinski definition) is 4. The van der Waals surface area contributed by atoms with Crippen LogP contribution in [0.5, 0.6) is 5.75 Å². The summed E-state index contributed by atoms with van der Waals surface area (Å²) in [5.41, 5.74) is 0.365. The molecule has 0 atom stereocenters. The Morgan fingerprint density at radius 2 is 2.10 bits per heavy atom. The van der Waals surface area contributed by atoms with Crippen LogP contribution in [0.4, 0.5) is 4.39 Å². The molecule has 2 aromatic rings. The lowest BCUT2D eigenvalue weighted by Crippen LogP contribution is -2.13. The summed E-state index contributed by atoms with van der Waals surface area (Å²) in [6, 6.07) is 5.31. The molecule has 1 heterocycles. The van der Waals surface area contributed by atoms with Gasteiger partial charge in [0.05, 0.1) is 12.7 Å². The van der Waals surface area contributed by atoms with Crippen molar-refractivity contribution in [3.05, 3.63) is 63.3 Å². The Morgan fingerprint density at radius 3 is 2.75 bits per heavy atom. The first-order valence-electron chi connectivity index (χ1n) is 5.78. The Bertz CT molecular complexity index is 709. The molecule has 0 aliphatic heterocycles. The van der Waals surface area contributed by atoms with Gasteiger partial charge in [0.1, 0.15) is 11.6 Å². The molecule has 0 aliphatic rings. The Hall–Kier alpha value is -2.63. The number of halogens is 1. The van der Waals surface area contributed by atoms with Gasteiger partial charge in [0.25, 0.3) is 5.56 Å². The zero-order valence-electron chi connectivity index (χ0n) is 10.6. The predicted octanol–water partition coefficient (Wildman–Crippen LogP) is 1.60. The van der Waals surface area contributed by atoms with Crippen molar-refractivity contribution in [3.63, 3.8) is 0 Å². The molecule has 0 saturated carbocycles. The van der Waals surface area contributed by atoms with Crippen LogP contribution >= 0.6 is 0 Å². The van der Waals surface area contributed by atoms with E-state index in [1.54, 1.807) is 0 Å². The molecule has 2 rings (SSSR count). The number of carbonyl (C=O) groups is 1. The highest BCUT2D eigenvalue weighted by atomic mass is 19.1. The largest absolute Gasteiger partial charge is 0.508 e. The number of methoxy groups -OCH3 is 1. The van der Waals surface area contributed by atoms with Gasteiger partial charge in [0.2, 0.25) is 0 Å². The average Bonchev–Trinajstić information content (AvgIpc) is 2.44. The van der Waals surface area contributed by atoms with Gasteiger partial charge in [-0.2, -0.15) is 0 Å². The van der Waals surface area contributed by atoms with Gasteiger partial charge in [-0.1, -0.05) is 6.07 Å². The molecule has 0 saturated heterocycles. The number of aromatic hydroxyl groups is 1. The van der Waals surface area contributed by atoms with Crippen LogP contribution in [0.15, 0.2) is 35.3 Å². The van der Waals surface area contributed by atoms with E-state index in [-0.39, 0.29) is 23.3 Å². The third-order valence-electron chi connectivity index (χ3n) is 2.83. The van der Waals surface area contributed by atoms with Crippen LogP contribution in [0.25, 0.3) is 0 Å². The molecule has 0 fully saturated rings. The monoisotopic (exact) mass is 277 g/mol.